The van der Waals surface area contributed by atoms with Crippen LogP contribution in [0.4, 0.5) is 8.78 Å². The first-order valence-electron chi connectivity index (χ1n) is 6.58. The number of carboxylic acid groups (broad SMARTS) is 1. The molecule has 0 saturated heterocycles. The van der Waals surface area contributed by atoms with Gasteiger partial charge in [-0.05, 0) is 18.4 Å². The molecule has 3 rings (SSSR count). The summed E-state index contributed by atoms with van der Waals surface area (Å²) in [6.07, 6.45) is 0.410. The Morgan fingerprint density at radius 2 is 2.14 bits per heavy atom. The number of hydrogen-bond donors (Lipinski definition) is 1. The van der Waals surface area contributed by atoms with Gasteiger partial charge in [-0.15, -0.1) is 11.3 Å². The van der Waals surface area contributed by atoms with Gasteiger partial charge in [0, 0.05) is 23.4 Å². The van der Waals surface area contributed by atoms with Crippen LogP contribution in [0.3, 0.4) is 0 Å². The molecule has 0 radical (unpaired) electrons. The van der Waals surface area contributed by atoms with Crippen molar-refractivity contribution < 1.29 is 18.7 Å². The van der Waals surface area contributed by atoms with Crippen molar-refractivity contribution in [3.8, 4) is 0 Å². The first kappa shape index (κ1) is 14.6. The van der Waals surface area contributed by atoms with E-state index >= 15 is 0 Å². The lowest BCUT2D eigenvalue weighted by Gasteiger charge is -2.13. The van der Waals surface area contributed by atoms with Crippen LogP contribution in [0.1, 0.15) is 23.7 Å². The molecule has 0 aliphatic rings. The first-order chi connectivity index (χ1) is 10.5. The van der Waals surface area contributed by atoms with Gasteiger partial charge in [-0.1, -0.05) is 6.07 Å². The fourth-order valence-electron chi connectivity index (χ4n) is 2.38. The summed E-state index contributed by atoms with van der Waals surface area (Å²) < 4.78 is 28.4. The lowest BCUT2D eigenvalue weighted by Crippen LogP contribution is -2.18. The minimum atomic E-state index is -1.06. The minimum Gasteiger partial charge on any atom is -0.480 e. The van der Waals surface area contributed by atoms with Crippen molar-refractivity contribution in [1.29, 1.82) is 0 Å². The second kappa shape index (κ2) is 5.49. The topological polar surface area (TPSA) is 55.1 Å². The third-order valence-corrected chi connectivity index (χ3v) is 4.34. The van der Waals surface area contributed by atoms with E-state index in [1.807, 2.05) is 17.5 Å². The maximum absolute atomic E-state index is 13.5. The number of imidazole rings is 1. The van der Waals surface area contributed by atoms with E-state index in [1.165, 1.54) is 22.8 Å². The fourth-order valence-corrected chi connectivity index (χ4v) is 3.08. The van der Waals surface area contributed by atoms with Gasteiger partial charge >= 0.3 is 5.97 Å². The van der Waals surface area contributed by atoms with Crippen molar-refractivity contribution in [1.82, 2.24) is 9.55 Å². The number of thiophene rings is 1. The number of hydrogen-bond acceptors (Lipinski definition) is 3. The van der Waals surface area contributed by atoms with Crippen LogP contribution in [-0.2, 0) is 11.2 Å². The number of nitrogens with zero attached hydrogens (tertiary/aromatic N) is 2. The van der Waals surface area contributed by atoms with Crippen LogP contribution >= 0.6 is 11.3 Å². The second-order valence-corrected chi connectivity index (χ2v) is 5.96. The van der Waals surface area contributed by atoms with Crippen LogP contribution in [0.5, 0.6) is 0 Å². The molecule has 0 amide bonds. The van der Waals surface area contributed by atoms with Crippen molar-refractivity contribution in [3.05, 3.63) is 52.0 Å². The zero-order valence-corrected chi connectivity index (χ0v) is 12.4. The van der Waals surface area contributed by atoms with Gasteiger partial charge in [-0.3, -0.25) is 0 Å². The monoisotopic (exact) mass is 322 g/mol. The van der Waals surface area contributed by atoms with Gasteiger partial charge in [-0.25, -0.2) is 18.6 Å². The highest BCUT2D eigenvalue weighted by atomic mass is 32.1. The maximum atomic E-state index is 13.5. The molecule has 0 saturated carbocycles. The SMILES string of the molecule is CC(C(=O)O)n1c(Cc2cccs2)nc2cc(F)c(F)cc21. The summed E-state index contributed by atoms with van der Waals surface area (Å²) in [4.78, 5) is 16.6. The molecule has 1 atom stereocenters. The number of fused-ring (bicyclic) bond motifs is 1. The summed E-state index contributed by atoms with van der Waals surface area (Å²) in [5, 5.41) is 11.2. The van der Waals surface area contributed by atoms with Crippen LogP contribution < -0.4 is 0 Å². The zero-order valence-electron chi connectivity index (χ0n) is 11.6. The lowest BCUT2D eigenvalue weighted by molar-refractivity contribution is -0.140. The van der Waals surface area contributed by atoms with Gasteiger partial charge in [-0.2, -0.15) is 0 Å². The van der Waals surface area contributed by atoms with Gasteiger partial charge in [0.2, 0.25) is 0 Å². The van der Waals surface area contributed by atoms with Gasteiger partial charge < -0.3 is 9.67 Å². The molecule has 2 heterocycles. The molecule has 0 bridgehead atoms. The Morgan fingerprint density at radius 3 is 2.77 bits per heavy atom. The van der Waals surface area contributed by atoms with E-state index < -0.39 is 23.6 Å². The fraction of sp³-hybridized carbons (Fsp3) is 0.200. The quantitative estimate of drug-likeness (QED) is 0.798. The molecule has 0 aliphatic heterocycles. The van der Waals surface area contributed by atoms with Crippen LogP contribution in [0.25, 0.3) is 11.0 Å². The summed E-state index contributed by atoms with van der Waals surface area (Å²) in [6, 6.07) is 4.85. The summed E-state index contributed by atoms with van der Waals surface area (Å²) in [5.41, 5.74) is 0.527. The summed E-state index contributed by atoms with van der Waals surface area (Å²) in [7, 11) is 0. The number of benzene rings is 1. The average Bonchev–Trinajstić information content (AvgIpc) is 3.07. The average molecular weight is 322 g/mol. The number of rotatable bonds is 4. The second-order valence-electron chi connectivity index (χ2n) is 4.92. The van der Waals surface area contributed by atoms with Crippen LogP contribution in [0, 0.1) is 11.6 Å². The molecule has 22 heavy (non-hydrogen) atoms. The number of aliphatic carboxylic acids is 1. The molecular weight excluding hydrogens is 310 g/mol. The molecule has 1 aromatic carbocycles. The highest BCUT2D eigenvalue weighted by Gasteiger charge is 2.22. The van der Waals surface area contributed by atoms with E-state index in [0.29, 0.717) is 12.2 Å². The highest BCUT2D eigenvalue weighted by molar-refractivity contribution is 7.09. The molecule has 114 valence electrons. The predicted octanol–water partition coefficient (Wildman–Crippen LogP) is 3.61. The summed E-state index contributed by atoms with van der Waals surface area (Å²) in [6.45, 7) is 1.49. The Bertz CT molecular complexity index is 843. The molecule has 3 aromatic rings. The Kier molecular flexibility index (Phi) is 3.66. The summed E-state index contributed by atoms with van der Waals surface area (Å²) >= 11 is 1.51. The number of carboxylic acids is 1. The van der Waals surface area contributed by atoms with Crippen molar-refractivity contribution in [2.45, 2.75) is 19.4 Å². The van der Waals surface area contributed by atoms with Gasteiger partial charge in [0.05, 0.1) is 11.0 Å². The lowest BCUT2D eigenvalue weighted by atomic mass is 10.2. The molecular formula is C15H12F2N2O2S. The molecule has 1 N–H and O–H groups in total. The molecule has 1 unspecified atom stereocenters. The van der Waals surface area contributed by atoms with Gasteiger partial charge in [0.25, 0.3) is 0 Å². The van der Waals surface area contributed by atoms with E-state index in [9.17, 15) is 18.7 Å². The maximum Gasteiger partial charge on any atom is 0.326 e. The summed E-state index contributed by atoms with van der Waals surface area (Å²) in [5.74, 6) is -2.61. The van der Waals surface area contributed by atoms with Crippen molar-refractivity contribution in [2.24, 2.45) is 0 Å². The third kappa shape index (κ3) is 2.48. The van der Waals surface area contributed by atoms with Crippen molar-refractivity contribution in [3.63, 3.8) is 0 Å². The molecule has 0 fully saturated rings. The normalized spacial score (nSPS) is 12.7. The Balaban J connectivity index is 2.20. The Labute approximate surface area is 128 Å². The van der Waals surface area contributed by atoms with E-state index in [0.717, 1.165) is 17.0 Å². The molecule has 4 nitrogen and oxygen atoms in total. The molecule has 7 heteroatoms. The predicted molar refractivity (Wildman–Crippen MR) is 79.1 cm³/mol. The largest absolute Gasteiger partial charge is 0.480 e. The van der Waals surface area contributed by atoms with Crippen molar-refractivity contribution in [2.75, 3.05) is 0 Å². The van der Waals surface area contributed by atoms with E-state index in [2.05, 4.69) is 4.98 Å². The van der Waals surface area contributed by atoms with Gasteiger partial charge in [0.1, 0.15) is 11.9 Å². The molecule has 0 spiro atoms. The van der Waals surface area contributed by atoms with Crippen LogP contribution in [0.15, 0.2) is 29.6 Å². The smallest absolute Gasteiger partial charge is 0.326 e. The zero-order chi connectivity index (χ0) is 15.9. The highest BCUT2D eigenvalue weighted by Crippen LogP contribution is 2.26. The Morgan fingerprint density at radius 1 is 1.41 bits per heavy atom. The van der Waals surface area contributed by atoms with Crippen LogP contribution in [0.2, 0.25) is 0 Å². The van der Waals surface area contributed by atoms with E-state index in [1.54, 1.807) is 0 Å². The van der Waals surface area contributed by atoms with Gasteiger partial charge in [0.15, 0.2) is 11.6 Å². The minimum absolute atomic E-state index is 0.249. The van der Waals surface area contributed by atoms with E-state index in [4.69, 9.17) is 0 Å². The third-order valence-electron chi connectivity index (χ3n) is 3.46. The number of halogens is 2. The molecule has 2 aromatic heterocycles. The van der Waals surface area contributed by atoms with E-state index in [-0.39, 0.29) is 11.0 Å². The molecule has 0 aliphatic carbocycles. The standard InChI is InChI=1S/C15H12F2N2O2S/c1-8(15(20)21)19-13-7-11(17)10(16)6-12(13)18-14(19)5-9-3-2-4-22-9/h2-4,6-8H,5H2,1H3,(H,20,21). The van der Waals surface area contributed by atoms with Crippen LogP contribution in [-0.4, -0.2) is 20.6 Å². The first-order valence-corrected chi connectivity index (χ1v) is 7.46. The number of aromatic nitrogens is 2. The number of carbonyl (C=O) groups is 1. The Hall–Kier alpha value is -2.28. The van der Waals surface area contributed by atoms with Crippen molar-refractivity contribution >= 4 is 28.3 Å².